The number of benzene rings is 1. The fourth-order valence-corrected chi connectivity index (χ4v) is 4.14. The number of nitrogens with zero attached hydrogens (tertiary/aromatic N) is 2. The molecule has 0 radical (unpaired) electrons. The molecule has 0 bridgehead atoms. The molecule has 0 fully saturated rings. The molecule has 2 N–H and O–H groups in total. The van der Waals surface area contributed by atoms with Crippen LogP contribution >= 0.6 is 23.2 Å². The highest BCUT2D eigenvalue weighted by Gasteiger charge is 2.22. The zero-order valence-corrected chi connectivity index (χ0v) is 20.1. The molecule has 32 heavy (non-hydrogen) atoms. The SMILES string of the molecule is COCCOCCNS(=O)(=O)c1cc(NC(=O)[C@@H](C)n2ncc(Cl)c(Cl)c2=O)ccc1C. The molecular weight excluding hydrogens is 483 g/mol. The number of aromatic nitrogens is 2. The summed E-state index contributed by atoms with van der Waals surface area (Å²) in [6.07, 6.45) is 1.16. The average Bonchev–Trinajstić information content (AvgIpc) is 2.75. The topological polar surface area (TPSA) is 129 Å². The van der Waals surface area contributed by atoms with E-state index >= 15 is 0 Å². The highest BCUT2D eigenvalue weighted by atomic mass is 35.5. The van der Waals surface area contributed by atoms with Gasteiger partial charge in [-0.25, -0.2) is 17.8 Å². The van der Waals surface area contributed by atoms with E-state index in [-0.39, 0.29) is 33.8 Å². The number of amides is 1. The van der Waals surface area contributed by atoms with Crippen molar-refractivity contribution in [2.24, 2.45) is 0 Å². The molecule has 1 aromatic heterocycles. The van der Waals surface area contributed by atoms with Gasteiger partial charge in [-0.15, -0.1) is 0 Å². The number of carbonyl (C=O) groups excluding carboxylic acids is 1. The fraction of sp³-hybridized carbons (Fsp3) is 0.421. The van der Waals surface area contributed by atoms with Crippen molar-refractivity contribution in [3.8, 4) is 0 Å². The quantitative estimate of drug-likeness (QED) is 0.445. The van der Waals surface area contributed by atoms with E-state index < -0.39 is 27.5 Å². The number of anilines is 1. The fourth-order valence-electron chi connectivity index (χ4n) is 2.60. The lowest BCUT2D eigenvalue weighted by atomic mass is 10.2. The molecule has 0 aliphatic rings. The molecule has 0 aliphatic carbocycles. The molecule has 176 valence electrons. The minimum absolute atomic E-state index is 0.00433. The van der Waals surface area contributed by atoms with Gasteiger partial charge in [-0.1, -0.05) is 29.3 Å². The number of sulfonamides is 1. The molecular formula is C19H24Cl2N4O6S. The Labute approximate surface area is 195 Å². The van der Waals surface area contributed by atoms with Crippen LogP contribution in [-0.4, -0.2) is 57.6 Å². The third kappa shape index (κ3) is 6.74. The Balaban J connectivity index is 2.12. The van der Waals surface area contributed by atoms with Crippen molar-refractivity contribution >= 4 is 44.8 Å². The molecule has 0 spiro atoms. The van der Waals surface area contributed by atoms with Gasteiger partial charge in [0.05, 0.1) is 35.9 Å². The second kappa shape index (κ2) is 11.7. The van der Waals surface area contributed by atoms with Crippen molar-refractivity contribution in [2.45, 2.75) is 24.8 Å². The maximum Gasteiger partial charge on any atom is 0.287 e. The number of aryl methyl sites for hydroxylation is 1. The first-order chi connectivity index (χ1) is 15.1. The van der Waals surface area contributed by atoms with Gasteiger partial charge in [-0.2, -0.15) is 5.10 Å². The molecule has 2 aromatic rings. The number of methoxy groups -OCH3 is 1. The van der Waals surface area contributed by atoms with Crippen molar-refractivity contribution in [1.29, 1.82) is 0 Å². The number of hydrogen-bond donors (Lipinski definition) is 2. The molecule has 1 atom stereocenters. The highest BCUT2D eigenvalue weighted by Crippen LogP contribution is 2.21. The number of rotatable bonds is 11. The maximum absolute atomic E-state index is 12.7. The van der Waals surface area contributed by atoms with Crippen LogP contribution < -0.4 is 15.6 Å². The van der Waals surface area contributed by atoms with Crippen LogP contribution in [0.5, 0.6) is 0 Å². The highest BCUT2D eigenvalue weighted by molar-refractivity contribution is 7.89. The molecule has 1 heterocycles. The molecule has 0 aliphatic heterocycles. The van der Waals surface area contributed by atoms with E-state index in [2.05, 4.69) is 15.1 Å². The minimum atomic E-state index is -3.84. The van der Waals surface area contributed by atoms with E-state index in [0.29, 0.717) is 18.8 Å². The molecule has 10 nitrogen and oxygen atoms in total. The van der Waals surface area contributed by atoms with Crippen molar-refractivity contribution in [3.05, 3.63) is 50.4 Å². The average molecular weight is 507 g/mol. The van der Waals surface area contributed by atoms with Crippen LogP contribution in [0, 0.1) is 6.92 Å². The van der Waals surface area contributed by atoms with E-state index in [0.717, 1.165) is 10.9 Å². The normalized spacial score (nSPS) is 12.5. The molecule has 0 saturated carbocycles. The van der Waals surface area contributed by atoms with Gasteiger partial charge in [0, 0.05) is 19.3 Å². The van der Waals surface area contributed by atoms with Crippen molar-refractivity contribution < 1.29 is 22.7 Å². The lowest BCUT2D eigenvalue weighted by Gasteiger charge is -2.16. The van der Waals surface area contributed by atoms with E-state index in [1.54, 1.807) is 26.2 Å². The minimum Gasteiger partial charge on any atom is -0.382 e. The monoisotopic (exact) mass is 506 g/mol. The standard InChI is InChI=1S/C19H24Cl2N4O6S/c1-12-4-5-14(10-16(12)32(28,29)23-6-7-31-9-8-30-3)24-18(26)13(2)25-19(27)17(21)15(20)11-22-25/h4-5,10-11,13,23H,6-9H2,1-3H3,(H,24,26)/t13-/m1/s1. The van der Waals surface area contributed by atoms with Crippen molar-refractivity contribution in [3.63, 3.8) is 0 Å². The van der Waals surface area contributed by atoms with Gasteiger partial charge in [0.25, 0.3) is 5.56 Å². The Kier molecular flexibility index (Phi) is 9.62. The summed E-state index contributed by atoms with van der Waals surface area (Å²) in [6.45, 7) is 4.11. The predicted molar refractivity (Wildman–Crippen MR) is 121 cm³/mol. The summed E-state index contributed by atoms with van der Waals surface area (Å²) in [5.41, 5.74) is 0.00871. The van der Waals surface area contributed by atoms with E-state index in [1.165, 1.54) is 13.0 Å². The van der Waals surface area contributed by atoms with Crippen LogP contribution in [0.25, 0.3) is 0 Å². The number of ether oxygens (including phenoxy) is 2. The lowest BCUT2D eigenvalue weighted by Crippen LogP contribution is -2.33. The number of nitrogens with one attached hydrogen (secondary N) is 2. The summed E-state index contributed by atoms with van der Waals surface area (Å²) in [4.78, 5) is 24.8. The lowest BCUT2D eigenvalue weighted by molar-refractivity contribution is -0.119. The third-order valence-corrected chi connectivity index (χ3v) is 6.71. The van der Waals surface area contributed by atoms with Crippen LogP contribution in [0.15, 0.2) is 34.1 Å². The Hall–Kier alpha value is -2.02. The van der Waals surface area contributed by atoms with Gasteiger partial charge in [0.2, 0.25) is 15.9 Å². The van der Waals surface area contributed by atoms with Gasteiger partial charge in [0.1, 0.15) is 11.1 Å². The van der Waals surface area contributed by atoms with Gasteiger partial charge in [-0.3, -0.25) is 9.59 Å². The second-order valence-electron chi connectivity index (χ2n) is 6.70. The third-order valence-electron chi connectivity index (χ3n) is 4.36. The second-order valence-corrected chi connectivity index (χ2v) is 9.23. The van der Waals surface area contributed by atoms with Gasteiger partial charge in [-0.05, 0) is 31.5 Å². The van der Waals surface area contributed by atoms with Gasteiger partial charge in [0.15, 0.2) is 0 Å². The largest absolute Gasteiger partial charge is 0.382 e. The molecule has 0 saturated heterocycles. The Morgan fingerprint density at radius 3 is 2.66 bits per heavy atom. The van der Waals surface area contributed by atoms with Gasteiger partial charge < -0.3 is 14.8 Å². The Morgan fingerprint density at radius 1 is 1.25 bits per heavy atom. The van der Waals surface area contributed by atoms with E-state index in [1.807, 2.05) is 0 Å². The van der Waals surface area contributed by atoms with E-state index in [4.69, 9.17) is 32.7 Å². The summed E-state index contributed by atoms with van der Waals surface area (Å²) in [5, 5.41) is 6.15. The Bertz CT molecular complexity index is 1120. The summed E-state index contributed by atoms with van der Waals surface area (Å²) in [6, 6.07) is 3.42. The van der Waals surface area contributed by atoms with Crippen LogP contribution in [0.3, 0.4) is 0 Å². The van der Waals surface area contributed by atoms with Crippen LogP contribution in [0.4, 0.5) is 5.69 Å². The molecule has 13 heteroatoms. The predicted octanol–water partition coefficient (Wildman–Crippen LogP) is 2.00. The Morgan fingerprint density at radius 2 is 1.97 bits per heavy atom. The summed E-state index contributed by atoms with van der Waals surface area (Å²) in [7, 11) is -2.30. The number of hydrogen-bond acceptors (Lipinski definition) is 7. The smallest absolute Gasteiger partial charge is 0.287 e. The zero-order chi connectivity index (χ0) is 23.9. The molecule has 1 aromatic carbocycles. The van der Waals surface area contributed by atoms with Crippen LogP contribution in [-0.2, 0) is 24.3 Å². The van der Waals surface area contributed by atoms with Crippen molar-refractivity contribution in [1.82, 2.24) is 14.5 Å². The van der Waals surface area contributed by atoms with Crippen molar-refractivity contribution in [2.75, 3.05) is 38.8 Å². The summed E-state index contributed by atoms with van der Waals surface area (Å²) < 4.78 is 38.8. The molecule has 1 amide bonds. The van der Waals surface area contributed by atoms with E-state index in [9.17, 15) is 18.0 Å². The van der Waals surface area contributed by atoms with Crippen LogP contribution in [0.1, 0.15) is 18.5 Å². The zero-order valence-electron chi connectivity index (χ0n) is 17.7. The number of carbonyl (C=O) groups is 1. The maximum atomic E-state index is 12.7. The first kappa shape index (κ1) is 26.2. The first-order valence-corrected chi connectivity index (χ1v) is 11.7. The first-order valence-electron chi connectivity index (χ1n) is 9.49. The summed E-state index contributed by atoms with van der Waals surface area (Å²) in [5.74, 6) is -0.593. The molecule has 2 rings (SSSR count). The summed E-state index contributed by atoms with van der Waals surface area (Å²) >= 11 is 11.6. The van der Waals surface area contributed by atoms with Gasteiger partial charge >= 0.3 is 0 Å². The number of halogens is 2. The van der Waals surface area contributed by atoms with Crippen LogP contribution in [0.2, 0.25) is 10.0 Å². The molecule has 0 unspecified atom stereocenters.